The van der Waals surface area contributed by atoms with Gasteiger partial charge in [-0.15, -0.1) is 0 Å². The molecule has 0 aromatic heterocycles. The van der Waals surface area contributed by atoms with E-state index in [1.807, 2.05) is 13.8 Å². The van der Waals surface area contributed by atoms with E-state index in [2.05, 4.69) is 16.0 Å². The van der Waals surface area contributed by atoms with E-state index >= 15 is 0 Å². The quantitative estimate of drug-likeness (QED) is 0.620. The molecule has 2 aromatic carbocycles. The molecular weight excluding hydrogens is 383 g/mol. The molecule has 1 unspecified atom stereocenters. The van der Waals surface area contributed by atoms with Crippen LogP contribution in [0.5, 0.6) is 0 Å². The molecule has 0 fully saturated rings. The van der Waals surface area contributed by atoms with Gasteiger partial charge in [0.05, 0.1) is 12.1 Å². The highest BCUT2D eigenvalue weighted by molar-refractivity contribution is 5.94. The van der Waals surface area contributed by atoms with Crippen molar-refractivity contribution in [2.45, 2.75) is 39.0 Å². The van der Waals surface area contributed by atoms with Crippen molar-refractivity contribution in [1.82, 2.24) is 10.6 Å². The van der Waals surface area contributed by atoms with Gasteiger partial charge in [-0.05, 0) is 49.2 Å². The molecular formula is C21H24F3N3O2. The molecule has 156 valence electrons. The summed E-state index contributed by atoms with van der Waals surface area (Å²) < 4.78 is 38.2. The van der Waals surface area contributed by atoms with Gasteiger partial charge < -0.3 is 16.0 Å². The van der Waals surface area contributed by atoms with Crippen molar-refractivity contribution in [3.8, 4) is 0 Å². The number of alkyl halides is 3. The molecule has 0 aliphatic carbocycles. The molecule has 0 saturated carbocycles. The Kier molecular flexibility index (Phi) is 7.64. The molecule has 2 rings (SSSR count). The maximum atomic E-state index is 12.7. The minimum atomic E-state index is -4.44. The van der Waals surface area contributed by atoms with Gasteiger partial charge in [-0.25, -0.2) is 0 Å². The highest BCUT2D eigenvalue weighted by atomic mass is 19.4. The Morgan fingerprint density at radius 3 is 2.48 bits per heavy atom. The van der Waals surface area contributed by atoms with Crippen LogP contribution in [0.4, 0.5) is 18.9 Å². The van der Waals surface area contributed by atoms with Gasteiger partial charge >= 0.3 is 6.18 Å². The number of amides is 2. The van der Waals surface area contributed by atoms with E-state index in [1.54, 1.807) is 24.3 Å². The van der Waals surface area contributed by atoms with E-state index in [0.29, 0.717) is 5.56 Å². The number of hydrogen-bond donors (Lipinski definition) is 3. The molecule has 5 nitrogen and oxygen atoms in total. The van der Waals surface area contributed by atoms with Gasteiger partial charge in [-0.1, -0.05) is 25.1 Å². The van der Waals surface area contributed by atoms with Crippen molar-refractivity contribution in [1.29, 1.82) is 0 Å². The number of hydrogen-bond acceptors (Lipinski definition) is 3. The Bertz CT molecular complexity index is 853. The molecule has 0 aliphatic rings. The molecule has 0 aliphatic heterocycles. The number of halogens is 3. The first-order chi connectivity index (χ1) is 13.7. The molecule has 2 amide bonds. The van der Waals surface area contributed by atoms with Gasteiger partial charge in [0.2, 0.25) is 5.91 Å². The van der Waals surface area contributed by atoms with Gasteiger partial charge in [0.25, 0.3) is 5.91 Å². The summed E-state index contributed by atoms with van der Waals surface area (Å²) in [6, 6.07) is 11.6. The number of carbonyl (C=O) groups excluding carboxylic acids is 2. The third-order valence-corrected chi connectivity index (χ3v) is 4.31. The van der Waals surface area contributed by atoms with E-state index in [4.69, 9.17) is 0 Å². The lowest BCUT2D eigenvalue weighted by molar-refractivity contribution is -0.137. The van der Waals surface area contributed by atoms with Gasteiger partial charge in [-0.3, -0.25) is 9.59 Å². The fraction of sp³-hybridized carbons (Fsp3) is 0.333. The predicted octanol–water partition coefficient (Wildman–Crippen LogP) is 3.96. The zero-order valence-corrected chi connectivity index (χ0v) is 16.3. The minimum Gasteiger partial charge on any atom is -0.376 e. The number of carbonyl (C=O) groups is 2. The van der Waals surface area contributed by atoms with Crippen LogP contribution in [0.1, 0.15) is 41.8 Å². The smallest absolute Gasteiger partial charge is 0.376 e. The van der Waals surface area contributed by atoms with Gasteiger partial charge in [0.15, 0.2) is 0 Å². The summed E-state index contributed by atoms with van der Waals surface area (Å²) in [5, 5.41) is 8.23. The normalized spacial score (nSPS) is 12.2. The standard InChI is InChI=1S/C21H24F3N3O2/c1-3-14(2)27-20(29)16-7-4-6-15(10-16)12-26-19(28)13-25-18-9-5-8-17(11-18)21(22,23)24/h4-11,14,25H,3,12-13H2,1-2H3,(H,26,28)(H,27,29). The lowest BCUT2D eigenvalue weighted by Gasteiger charge is -2.13. The SMILES string of the molecule is CCC(C)NC(=O)c1cccc(CNC(=O)CNc2cccc(C(F)(F)F)c2)c1. The minimum absolute atomic E-state index is 0.0628. The molecule has 0 saturated heterocycles. The highest BCUT2D eigenvalue weighted by Gasteiger charge is 2.30. The van der Waals surface area contributed by atoms with Crippen LogP contribution >= 0.6 is 0 Å². The molecule has 0 bridgehead atoms. The molecule has 0 heterocycles. The molecule has 2 aromatic rings. The molecule has 29 heavy (non-hydrogen) atoms. The third kappa shape index (κ3) is 7.14. The average molecular weight is 407 g/mol. The van der Waals surface area contributed by atoms with Gasteiger partial charge in [0.1, 0.15) is 0 Å². The largest absolute Gasteiger partial charge is 0.416 e. The van der Waals surface area contributed by atoms with E-state index in [9.17, 15) is 22.8 Å². The summed E-state index contributed by atoms with van der Waals surface area (Å²) in [4.78, 5) is 24.2. The van der Waals surface area contributed by atoms with Crippen molar-refractivity contribution in [3.05, 3.63) is 65.2 Å². The number of benzene rings is 2. The van der Waals surface area contributed by atoms with Crippen LogP contribution in [0.15, 0.2) is 48.5 Å². The van der Waals surface area contributed by atoms with Crippen LogP contribution in [0.25, 0.3) is 0 Å². The van der Waals surface area contributed by atoms with Gasteiger partial charge in [0, 0.05) is 23.8 Å². The van der Waals surface area contributed by atoms with Crippen LogP contribution in [-0.2, 0) is 17.5 Å². The lowest BCUT2D eigenvalue weighted by atomic mass is 10.1. The second-order valence-electron chi connectivity index (χ2n) is 6.69. The fourth-order valence-corrected chi connectivity index (χ4v) is 2.48. The highest BCUT2D eigenvalue weighted by Crippen LogP contribution is 2.30. The summed E-state index contributed by atoms with van der Waals surface area (Å²) >= 11 is 0. The van der Waals surface area contributed by atoms with E-state index < -0.39 is 11.7 Å². The summed E-state index contributed by atoms with van der Waals surface area (Å²) in [5.74, 6) is -0.560. The average Bonchev–Trinajstić information content (AvgIpc) is 2.70. The topological polar surface area (TPSA) is 70.2 Å². The number of nitrogens with one attached hydrogen (secondary N) is 3. The Hall–Kier alpha value is -3.03. The van der Waals surface area contributed by atoms with Crippen molar-refractivity contribution in [3.63, 3.8) is 0 Å². The Morgan fingerprint density at radius 2 is 1.79 bits per heavy atom. The number of anilines is 1. The zero-order valence-electron chi connectivity index (χ0n) is 16.3. The van der Waals surface area contributed by atoms with E-state index in [1.165, 1.54) is 12.1 Å². The second-order valence-corrected chi connectivity index (χ2v) is 6.69. The van der Waals surface area contributed by atoms with Crippen LogP contribution in [0, 0.1) is 0 Å². The van der Waals surface area contributed by atoms with Crippen LogP contribution in [0.2, 0.25) is 0 Å². The lowest BCUT2D eigenvalue weighted by Crippen LogP contribution is -2.32. The van der Waals surface area contributed by atoms with Crippen LogP contribution in [-0.4, -0.2) is 24.4 Å². The predicted molar refractivity (Wildman–Crippen MR) is 105 cm³/mol. The molecule has 8 heteroatoms. The van der Waals surface area contributed by atoms with Crippen LogP contribution in [0.3, 0.4) is 0 Å². The first kappa shape index (κ1) is 22.3. The van der Waals surface area contributed by atoms with Crippen molar-refractivity contribution in [2.24, 2.45) is 0 Å². The maximum absolute atomic E-state index is 12.7. The summed E-state index contributed by atoms with van der Waals surface area (Å²) in [5.41, 5.74) is 0.669. The first-order valence-electron chi connectivity index (χ1n) is 9.26. The first-order valence-corrected chi connectivity index (χ1v) is 9.26. The molecule has 0 spiro atoms. The van der Waals surface area contributed by atoms with Crippen molar-refractivity contribution >= 4 is 17.5 Å². The molecule has 3 N–H and O–H groups in total. The van der Waals surface area contributed by atoms with Crippen molar-refractivity contribution in [2.75, 3.05) is 11.9 Å². The zero-order chi connectivity index (χ0) is 21.4. The molecule has 0 radical (unpaired) electrons. The molecule has 1 atom stereocenters. The van der Waals surface area contributed by atoms with Gasteiger partial charge in [-0.2, -0.15) is 13.2 Å². The monoisotopic (exact) mass is 407 g/mol. The summed E-state index contributed by atoms with van der Waals surface area (Å²) in [6.45, 7) is 3.92. The summed E-state index contributed by atoms with van der Waals surface area (Å²) in [6.07, 6.45) is -3.62. The van der Waals surface area contributed by atoms with E-state index in [0.717, 1.165) is 24.1 Å². The maximum Gasteiger partial charge on any atom is 0.416 e. The second kappa shape index (κ2) is 9.95. The van der Waals surface area contributed by atoms with Crippen molar-refractivity contribution < 1.29 is 22.8 Å². The summed E-state index contributed by atoms with van der Waals surface area (Å²) in [7, 11) is 0. The third-order valence-electron chi connectivity index (χ3n) is 4.31. The van der Waals surface area contributed by atoms with E-state index in [-0.39, 0.29) is 36.6 Å². The Morgan fingerprint density at radius 1 is 1.07 bits per heavy atom. The Balaban J connectivity index is 1.87. The Labute approximate surface area is 167 Å². The number of rotatable bonds is 8. The fourth-order valence-electron chi connectivity index (χ4n) is 2.48. The van der Waals surface area contributed by atoms with Crippen LogP contribution < -0.4 is 16.0 Å².